The molecular weight excluding hydrogens is 196 g/mol. The fraction of sp³-hybridized carbons (Fsp3) is 0.714. The van der Waals surface area contributed by atoms with Gasteiger partial charge in [0.05, 0.1) is 6.67 Å². The van der Waals surface area contributed by atoms with Gasteiger partial charge in [-0.3, -0.25) is 5.32 Å². The summed E-state index contributed by atoms with van der Waals surface area (Å²) in [4.78, 5) is 2.20. The van der Waals surface area contributed by atoms with E-state index in [4.69, 9.17) is 0 Å². The Balaban J connectivity index is 1.91. The molecule has 0 saturated carbocycles. The van der Waals surface area contributed by atoms with Crippen molar-refractivity contribution in [3.63, 3.8) is 0 Å². The van der Waals surface area contributed by atoms with E-state index in [0.29, 0.717) is 0 Å². The Morgan fingerprint density at radius 2 is 2.00 bits per heavy atom. The van der Waals surface area contributed by atoms with Gasteiger partial charge in [-0.2, -0.15) is 0 Å². The van der Waals surface area contributed by atoms with Crippen LogP contribution < -0.4 is 5.32 Å². The molecule has 0 atom stereocenters. The van der Waals surface area contributed by atoms with Gasteiger partial charge in [-0.1, -0.05) is 51.2 Å². The Morgan fingerprint density at radius 3 is 2.75 bits per heavy atom. The van der Waals surface area contributed by atoms with Crippen molar-refractivity contribution in [2.45, 2.75) is 51.9 Å². The van der Waals surface area contributed by atoms with Crippen molar-refractivity contribution >= 4 is 0 Å². The van der Waals surface area contributed by atoms with Gasteiger partial charge in [-0.25, -0.2) is 0 Å². The SMILES string of the molecule is CCCCCCCCC=CN1C=CCNC1. The van der Waals surface area contributed by atoms with E-state index >= 15 is 0 Å². The second-order valence-electron chi connectivity index (χ2n) is 4.45. The van der Waals surface area contributed by atoms with Gasteiger partial charge in [-0.15, -0.1) is 0 Å². The summed E-state index contributed by atoms with van der Waals surface area (Å²) in [5, 5.41) is 3.30. The number of nitrogens with zero attached hydrogens (tertiary/aromatic N) is 1. The molecule has 0 fully saturated rings. The van der Waals surface area contributed by atoms with E-state index in [1.54, 1.807) is 0 Å². The fourth-order valence-electron chi connectivity index (χ4n) is 1.87. The topological polar surface area (TPSA) is 15.3 Å². The minimum atomic E-state index is 0.948. The summed E-state index contributed by atoms with van der Waals surface area (Å²) < 4.78 is 0. The van der Waals surface area contributed by atoms with Crippen LogP contribution in [0.5, 0.6) is 0 Å². The van der Waals surface area contributed by atoms with Gasteiger partial charge in [0.2, 0.25) is 0 Å². The maximum atomic E-state index is 3.30. The molecule has 1 N–H and O–H groups in total. The van der Waals surface area contributed by atoms with E-state index in [9.17, 15) is 0 Å². The quantitative estimate of drug-likeness (QED) is 0.631. The molecule has 1 aliphatic heterocycles. The van der Waals surface area contributed by atoms with Crippen LogP contribution in [-0.4, -0.2) is 18.1 Å². The summed E-state index contributed by atoms with van der Waals surface area (Å²) in [5.74, 6) is 0. The first-order valence-corrected chi connectivity index (χ1v) is 6.73. The van der Waals surface area contributed by atoms with Crippen molar-refractivity contribution in [3.05, 3.63) is 24.6 Å². The normalized spacial score (nSPS) is 16.2. The van der Waals surface area contributed by atoms with E-state index in [1.165, 1.54) is 44.9 Å². The highest BCUT2D eigenvalue weighted by Crippen LogP contribution is 2.07. The van der Waals surface area contributed by atoms with Crippen LogP contribution >= 0.6 is 0 Å². The highest BCUT2D eigenvalue weighted by Gasteiger charge is 1.96. The molecule has 92 valence electrons. The molecule has 0 aromatic carbocycles. The van der Waals surface area contributed by atoms with Crippen molar-refractivity contribution in [1.82, 2.24) is 10.2 Å². The molecule has 16 heavy (non-hydrogen) atoms. The Kier molecular flexibility index (Phi) is 7.87. The molecule has 0 aromatic heterocycles. The van der Waals surface area contributed by atoms with E-state index in [2.05, 4.69) is 41.7 Å². The summed E-state index contributed by atoms with van der Waals surface area (Å²) in [7, 11) is 0. The van der Waals surface area contributed by atoms with Crippen LogP contribution in [0.2, 0.25) is 0 Å². The van der Waals surface area contributed by atoms with Crippen LogP contribution in [0.1, 0.15) is 51.9 Å². The van der Waals surface area contributed by atoms with Gasteiger partial charge < -0.3 is 4.90 Å². The summed E-state index contributed by atoms with van der Waals surface area (Å²) in [6.07, 6.45) is 18.3. The molecule has 1 heterocycles. The molecule has 2 nitrogen and oxygen atoms in total. The lowest BCUT2D eigenvalue weighted by Gasteiger charge is -2.19. The highest BCUT2D eigenvalue weighted by atomic mass is 15.2. The summed E-state index contributed by atoms with van der Waals surface area (Å²) in [5.41, 5.74) is 0. The van der Waals surface area contributed by atoms with E-state index in [-0.39, 0.29) is 0 Å². The number of unbranched alkanes of at least 4 members (excludes halogenated alkanes) is 6. The highest BCUT2D eigenvalue weighted by molar-refractivity contribution is 4.95. The zero-order valence-corrected chi connectivity index (χ0v) is 10.6. The molecule has 1 aliphatic rings. The summed E-state index contributed by atoms with van der Waals surface area (Å²) in [6.45, 7) is 4.22. The average molecular weight is 222 g/mol. The third-order valence-electron chi connectivity index (χ3n) is 2.87. The molecule has 2 heteroatoms. The molecule has 1 rings (SSSR count). The standard InChI is InChI=1S/C14H26N2/c1-2-3-4-5-6-7-8-9-12-16-13-10-11-15-14-16/h9-10,12-13,15H,2-8,11,14H2,1H3. The first-order chi connectivity index (χ1) is 7.93. The van der Waals surface area contributed by atoms with Crippen LogP contribution in [0.4, 0.5) is 0 Å². The van der Waals surface area contributed by atoms with Gasteiger partial charge >= 0.3 is 0 Å². The molecule has 0 amide bonds. The summed E-state index contributed by atoms with van der Waals surface area (Å²) in [6, 6.07) is 0. The lowest BCUT2D eigenvalue weighted by Crippen LogP contribution is -2.30. The Morgan fingerprint density at radius 1 is 1.19 bits per heavy atom. The van der Waals surface area contributed by atoms with Gasteiger partial charge in [0.1, 0.15) is 0 Å². The third-order valence-corrected chi connectivity index (χ3v) is 2.87. The molecule has 0 aliphatic carbocycles. The minimum absolute atomic E-state index is 0.948. The molecule has 0 unspecified atom stereocenters. The molecule has 0 spiro atoms. The van der Waals surface area contributed by atoms with Gasteiger partial charge in [-0.05, 0) is 12.8 Å². The van der Waals surface area contributed by atoms with Crippen molar-refractivity contribution in [3.8, 4) is 0 Å². The molecular formula is C14H26N2. The van der Waals surface area contributed by atoms with E-state index in [1.807, 2.05) is 0 Å². The van der Waals surface area contributed by atoms with Gasteiger partial charge in [0, 0.05) is 18.9 Å². The zero-order chi connectivity index (χ0) is 11.5. The van der Waals surface area contributed by atoms with Gasteiger partial charge in [0.15, 0.2) is 0 Å². The Bertz CT molecular complexity index is 209. The smallest absolute Gasteiger partial charge is 0.0722 e. The van der Waals surface area contributed by atoms with Crippen molar-refractivity contribution in [2.24, 2.45) is 0 Å². The number of rotatable bonds is 8. The lowest BCUT2D eigenvalue weighted by molar-refractivity contribution is 0.436. The average Bonchev–Trinajstić information content (AvgIpc) is 2.34. The molecule has 0 aromatic rings. The minimum Gasteiger partial charge on any atom is -0.342 e. The van der Waals surface area contributed by atoms with Crippen molar-refractivity contribution in [1.29, 1.82) is 0 Å². The Labute approximate surface area is 100 Å². The van der Waals surface area contributed by atoms with Gasteiger partial charge in [0.25, 0.3) is 0 Å². The van der Waals surface area contributed by atoms with Crippen LogP contribution in [0.15, 0.2) is 24.6 Å². The van der Waals surface area contributed by atoms with E-state index < -0.39 is 0 Å². The third kappa shape index (κ3) is 6.67. The molecule has 0 bridgehead atoms. The van der Waals surface area contributed by atoms with Crippen molar-refractivity contribution in [2.75, 3.05) is 13.2 Å². The van der Waals surface area contributed by atoms with Crippen LogP contribution in [0.25, 0.3) is 0 Å². The van der Waals surface area contributed by atoms with E-state index in [0.717, 1.165) is 13.2 Å². The first-order valence-electron chi connectivity index (χ1n) is 6.73. The number of hydrogen-bond acceptors (Lipinski definition) is 2. The summed E-state index contributed by atoms with van der Waals surface area (Å²) >= 11 is 0. The predicted molar refractivity (Wildman–Crippen MR) is 71.0 cm³/mol. The number of hydrogen-bond donors (Lipinski definition) is 1. The Hall–Kier alpha value is -0.760. The first kappa shape index (κ1) is 13.3. The second-order valence-corrected chi connectivity index (χ2v) is 4.45. The largest absolute Gasteiger partial charge is 0.342 e. The second kappa shape index (κ2) is 9.46. The lowest BCUT2D eigenvalue weighted by atomic mass is 10.1. The van der Waals surface area contributed by atoms with Crippen molar-refractivity contribution < 1.29 is 0 Å². The number of allylic oxidation sites excluding steroid dienone is 1. The zero-order valence-electron chi connectivity index (χ0n) is 10.6. The molecule has 0 saturated heterocycles. The maximum Gasteiger partial charge on any atom is 0.0722 e. The number of nitrogens with one attached hydrogen (secondary N) is 1. The molecule has 0 radical (unpaired) electrons. The predicted octanol–water partition coefficient (Wildman–Crippen LogP) is 3.63. The van der Waals surface area contributed by atoms with Crippen LogP contribution in [0, 0.1) is 0 Å². The fourth-order valence-corrected chi connectivity index (χ4v) is 1.87. The maximum absolute atomic E-state index is 3.30. The van der Waals surface area contributed by atoms with Crippen LogP contribution in [-0.2, 0) is 0 Å². The monoisotopic (exact) mass is 222 g/mol. The van der Waals surface area contributed by atoms with Crippen LogP contribution in [0.3, 0.4) is 0 Å².